The molecule has 1 aliphatic carbocycles. The molecule has 34 heavy (non-hydrogen) atoms. The van der Waals surface area contributed by atoms with Gasteiger partial charge in [-0.15, -0.1) is 0 Å². The van der Waals surface area contributed by atoms with E-state index in [-0.39, 0.29) is 5.69 Å². The summed E-state index contributed by atoms with van der Waals surface area (Å²) in [5, 5.41) is 3.78. The van der Waals surface area contributed by atoms with E-state index in [1.807, 2.05) is 6.92 Å². The Morgan fingerprint density at radius 3 is 2.71 bits per heavy atom. The summed E-state index contributed by atoms with van der Waals surface area (Å²) in [5.41, 5.74) is 18.9. The van der Waals surface area contributed by atoms with Gasteiger partial charge in [0.25, 0.3) is 0 Å². The molecule has 4 aromatic rings. The Hall–Kier alpha value is -3.78. The zero-order valence-corrected chi connectivity index (χ0v) is 19.2. The monoisotopic (exact) mass is 455 g/mol. The van der Waals surface area contributed by atoms with Gasteiger partial charge < -0.3 is 21.7 Å². The second kappa shape index (κ2) is 7.36. The lowest BCUT2D eigenvalue weighted by Crippen LogP contribution is -2.35. The fraction of sp³-hybridized carbons (Fsp3) is 0.269. The predicted octanol–water partition coefficient (Wildman–Crippen LogP) is 4.52. The Balaban J connectivity index is 1.38. The molecule has 6 rings (SSSR count). The number of fused-ring (bicyclic) bond motifs is 3. The SMILES string of the molecule is Cc1c(N)cncc1-c1cc2nc(Nc3ccc4c(c3)CN(C)CC43CC3)ncc2c(N)c1F. The van der Waals surface area contributed by atoms with Gasteiger partial charge in [-0.05, 0) is 61.7 Å². The van der Waals surface area contributed by atoms with E-state index >= 15 is 4.39 Å². The Bertz CT molecular complexity index is 1460. The number of nitrogens with two attached hydrogens (primary N) is 2. The Kier molecular flexibility index (Phi) is 4.50. The Labute approximate surface area is 197 Å². The van der Waals surface area contributed by atoms with Crippen molar-refractivity contribution in [3.05, 3.63) is 65.4 Å². The second-order valence-corrected chi connectivity index (χ2v) is 9.63. The van der Waals surface area contributed by atoms with Crippen LogP contribution in [0.15, 0.2) is 42.9 Å². The van der Waals surface area contributed by atoms with Gasteiger partial charge in [-0.1, -0.05) is 6.07 Å². The van der Waals surface area contributed by atoms with E-state index in [0.717, 1.165) is 24.3 Å². The van der Waals surface area contributed by atoms with Crippen molar-refractivity contribution < 1.29 is 4.39 Å². The highest BCUT2D eigenvalue weighted by atomic mass is 19.1. The van der Waals surface area contributed by atoms with E-state index in [1.54, 1.807) is 24.7 Å². The maximum Gasteiger partial charge on any atom is 0.227 e. The zero-order chi connectivity index (χ0) is 23.6. The summed E-state index contributed by atoms with van der Waals surface area (Å²) in [6.45, 7) is 3.89. The van der Waals surface area contributed by atoms with Crippen LogP contribution in [0.4, 0.5) is 27.4 Å². The van der Waals surface area contributed by atoms with Gasteiger partial charge in [-0.2, -0.15) is 0 Å². The third-order valence-corrected chi connectivity index (χ3v) is 7.21. The van der Waals surface area contributed by atoms with E-state index in [9.17, 15) is 0 Å². The first kappa shape index (κ1) is 20.8. The minimum Gasteiger partial charge on any atom is -0.397 e. The molecule has 8 heteroatoms. The van der Waals surface area contributed by atoms with Crippen molar-refractivity contribution in [1.29, 1.82) is 0 Å². The van der Waals surface area contributed by atoms with Crippen LogP contribution in [0.25, 0.3) is 22.0 Å². The van der Waals surface area contributed by atoms with Gasteiger partial charge in [0.2, 0.25) is 5.95 Å². The van der Waals surface area contributed by atoms with Crippen LogP contribution in [0.3, 0.4) is 0 Å². The summed E-state index contributed by atoms with van der Waals surface area (Å²) in [6, 6.07) is 8.19. The molecule has 0 unspecified atom stereocenters. The maximum atomic E-state index is 15.2. The van der Waals surface area contributed by atoms with Crippen molar-refractivity contribution in [2.24, 2.45) is 0 Å². The van der Waals surface area contributed by atoms with E-state index in [1.165, 1.54) is 24.0 Å². The van der Waals surface area contributed by atoms with Crippen LogP contribution in [0.1, 0.15) is 29.5 Å². The number of nitrogen functional groups attached to an aromatic ring is 2. The number of likely N-dealkylation sites (N-methyl/N-ethyl adjacent to an activating group) is 1. The van der Waals surface area contributed by atoms with E-state index in [4.69, 9.17) is 11.5 Å². The lowest BCUT2D eigenvalue weighted by atomic mass is 9.87. The summed E-state index contributed by atoms with van der Waals surface area (Å²) in [5.74, 6) is -0.0998. The van der Waals surface area contributed by atoms with Crippen molar-refractivity contribution in [3.8, 4) is 11.1 Å². The normalized spacial score (nSPS) is 16.6. The molecule has 0 radical (unpaired) electrons. The van der Waals surface area contributed by atoms with Crippen molar-refractivity contribution >= 4 is 33.9 Å². The van der Waals surface area contributed by atoms with Crippen molar-refractivity contribution in [1.82, 2.24) is 19.9 Å². The lowest BCUT2D eigenvalue weighted by Gasteiger charge is -2.32. The second-order valence-electron chi connectivity index (χ2n) is 9.63. The first-order chi connectivity index (χ1) is 16.3. The smallest absolute Gasteiger partial charge is 0.227 e. The van der Waals surface area contributed by atoms with Crippen LogP contribution >= 0.6 is 0 Å². The average molecular weight is 456 g/mol. The minimum atomic E-state index is -0.528. The number of benzene rings is 2. The molecule has 1 fully saturated rings. The number of halogens is 1. The highest BCUT2D eigenvalue weighted by molar-refractivity contribution is 5.95. The van der Waals surface area contributed by atoms with Gasteiger partial charge in [0, 0.05) is 53.1 Å². The number of rotatable bonds is 3. The van der Waals surface area contributed by atoms with E-state index in [0.29, 0.717) is 39.1 Å². The summed E-state index contributed by atoms with van der Waals surface area (Å²) < 4.78 is 15.2. The van der Waals surface area contributed by atoms with Gasteiger partial charge in [0.05, 0.1) is 23.1 Å². The van der Waals surface area contributed by atoms with Gasteiger partial charge in [0.15, 0.2) is 5.82 Å². The molecule has 2 aliphatic rings. The largest absolute Gasteiger partial charge is 0.397 e. The summed E-state index contributed by atoms with van der Waals surface area (Å²) in [4.78, 5) is 15.5. The number of hydrogen-bond donors (Lipinski definition) is 3. The zero-order valence-electron chi connectivity index (χ0n) is 19.2. The quantitative estimate of drug-likeness (QED) is 0.390. The number of hydrogen-bond acceptors (Lipinski definition) is 7. The molecule has 2 aromatic heterocycles. The first-order valence-corrected chi connectivity index (χ1v) is 11.4. The number of anilines is 4. The minimum absolute atomic E-state index is 0.00687. The van der Waals surface area contributed by atoms with Gasteiger partial charge in [0.1, 0.15) is 0 Å². The van der Waals surface area contributed by atoms with Crippen LogP contribution in [0, 0.1) is 12.7 Å². The maximum absolute atomic E-state index is 15.2. The molecule has 0 atom stereocenters. The number of nitrogens with one attached hydrogen (secondary N) is 1. The summed E-state index contributed by atoms with van der Waals surface area (Å²) in [6.07, 6.45) is 7.21. The molecule has 1 spiro atoms. The van der Waals surface area contributed by atoms with Gasteiger partial charge in [-0.3, -0.25) is 4.98 Å². The third-order valence-electron chi connectivity index (χ3n) is 7.21. The van der Waals surface area contributed by atoms with Crippen LogP contribution in [0.2, 0.25) is 0 Å². The molecule has 5 N–H and O–H groups in total. The summed E-state index contributed by atoms with van der Waals surface area (Å²) in [7, 11) is 2.17. The molecular formula is C26H26FN7. The number of nitrogens with zero attached hydrogens (tertiary/aromatic N) is 4. The molecule has 172 valence electrons. The fourth-order valence-electron chi connectivity index (χ4n) is 5.22. The Morgan fingerprint density at radius 2 is 1.91 bits per heavy atom. The molecule has 0 saturated heterocycles. The highest BCUT2D eigenvalue weighted by Gasteiger charge is 2.48. The van der Waals surface area contributed by atoms with Crippen molar-refractivity contribution in [3.63, 3.8) is 0 Å². The molecule has 1 saturated carbocycles. The standard InChI is InChI=1S/C26H26FN7/c1-14-18(9-30-11-21(14)28)17-8-22-19(24(29)23(17)27)10-31-25(33-22)32-16-3-4-20-15(7-16)12-34(2)13-26(20)5-6-26/h3-4,7-11H,5-6,12-13,28-29H2,1-2H3,(H,31,32,33). The molecular weight excluding hydrogens is 429 g/mol. The van der Waals surface area contributed by atoms with E-state index < -0.39 is 5.82 Å². The van der Waals surface area contributed by atoms with Crippen molar-refractivity contribution in [2.45, 2.75) is 31.7 Å². The lowest BCUT2D eigenvalue weighted by molar-refractivity contribution is 0.271. The summed E-state index contributed by atoms with van der Waals surface area (Å²) >= 11 is 0. The molecule has 0 bridgehead atoms. The average Bonchev–Trinajstić information content (AvgIpc) is 3.57. The number of aromatic nitrogens is 3. The van der Waals surface area contributed by atoms with Crippen molar-refractivity contribution in [2.75, 3.05) is 30.4 Å². The van der Waals surface area contributed by atoms with E-state index in [2.05, 4.69) is 50.4 Å². The van der Waals surface area contributed by atoms with Crippen LogP contribution < -0.4 is 16.8 Å². The van der Waals surface area contributed by atoms with Gasteiger partial charge >= 0.3 is 0 Å². The van der Waals surface area contributed by atoms with Crippen LogP contribution in [0.5, 0.6) is 0 Å². The highest BCUT2D eigenvalue weighted by Crippen LogP contribution is 2.52. The predicted molar refractivity (Wildman–Crippen MR) is 133 cm³/mol. The Morgan fingerprint density at radius 1 is 1.09 bits per heavy atom. The molecule has 2 aromatic carbocycles. The first-order valence-electron chi connectivity index (χ1n) is 11.4. The van der Waals surface area contributed by atoms with Crippen LogP contribution in [-0.2, 0) is 12.0 Å². The number of pyridine rings is 1. The van der Waals surface area contributed by atoms with Gasteiger partial charge in [-0.25, -0.2) is 14.4 Å². The molecule has 7 nitrogen and oxygen atoms in total. The fourth-order valence-corrected chi connectivity index (χ4v) is 5.22. The third kappa shape index (κ3) is 3.25. The van der Waals surface area contributed by atoms with Crippen LogP contribution in [-0.4, -0.2) is 33.4 Å². The molecule has 1 aliphatic heterocycles. The molecule has 3 heterocycles. The topological polar surface area (TPSA) is 106 Å². The molecule has 0 amide bonds.